The van der Waals surface area contributed by atoms with Crippen LogP contribution in [0.4, 0.5) is 11.4 Å². The van der Waals surface area contributed by atoms with Crippen molar-refractivity contribution in [3.8, 4) is 11.5 Å². The van der Waals surface area contributed by atoms with Gasteiger partial charge in [-0.1, -0.05) is 18.2 Å². The summed E-state index contributed by atoms with van der Waals surface area (Å²) in [4.78, 5) is 4.74. The van der Waals surface area contributed by atoms with Crippen LogP contribution in [0.3, 0.4) is 0 Å². The fourth-order valence-electron chi connectivity index (χ4n) is 3.16. The van der Waals surface area contributed by atoms with Crippen molar-refractivity contribution in [3.05, 3.63) is 72.1 Å². The van der Waals surface area contributed by atoms with Crippen molar-refractivity contribution in [1.29, 1.82) is 0 Å². The van der Waals surface area contributed by atoms with E-state index < -0.39 is 20.8 Å². The number of aromatic nitrogens is 1. The van der Waals surface area contributed by atoms with Crippen molar-refractivity contribution in [2.24, 2.45) is 0 Å². The molecule has 0 spiro atoms. The van der Waals surface area contributed by atoms with Crippen LogP contribution in [-0.2, 0) is 40.3 Å². The Balaban J connectivity index is 0.000000534. The number of nitrogens with zero attached hydrogens (tertiary/aromatic N) is 2. The van der Waals surface area contributed by atoms with Gasteiger partial charge < -0.3 is 27.9 Å². The predicted molar refractivity (Wildman–Crippen MR) is 128 cm³/mol. The normalized spacial score (nSPS) is 10.9. The molecule has 194 valence electrons. The van der Waals surface area contributed by atoms with Gasteiger partial charge >= 0.3 is 19.5 Å². The zero-order chi connectivity index (χ0) is 26.9. The standard InChI is InChI=1S/C22H21N3O.2H2O4S.Zn/c1-3-25(4-2)18-11-13-20-22(15-18)26-21-14-17(10-12-19(21)24-20)23-16-8-6-5-7-9-16;2*1-5(2,3)4;/h5-15H,3-4H2,1-2H3;2*(H2,1,2,3,4);/q;;;+2/p-3. The molecule has 0 radical (unpaired) electrons. The smallest absolute Gasteiger partial charge is 0.759 e. The molecule has 1 heterocycles. The van der Waals surface area contributed by atoms with E-state index in [-0.39, 0.29) is 19.5 Å². The molecule has 0 saturated carbocycles. The molecule has 0 atom stereocenters. The van der Waals surface area contributed by atoms with Crippen LogP contribution in [0, 0.1) is 0 Å². The molecule has 2 aromatic rings. The number of rotatable bonds is 4. The number of para-hydroxylation sites is 1. The van der Waals surface area contributed by atoms with E-state index in [4.69, 9.17) is 44.4 Å². The second kappa shape index (κ2) is 14.2. The van der Waals surface area contributed by atoms with Crippen LogP contribution < -0.4 is 15.2 Å². The molecule has 2 aromatic carbocycles. The minimum Gasteiger partial charge on any atom is -0.759 e. The topological polar surface area (TPSA) is 202 Å². The summed E-state index contributed by atoms with van der Waals surface area (Å²) in [5.41, 5.74) is 4.52. The van der Waals surface area contributed by atoms with Crippen LogP contribution in [0.15, 0.2) is 71.1 Å². The number of anilines is 2. The first kappa shape index (κ1) is 32.3. The summed E-state index contributed by atoms with van der Waals surface area (Å²) in [5, 5.41) is 4.55. The van der Waals surface area contributed by atoms with Gasteiger partial charge in [-0.3, -0.25) is 16.8 Å². The van der Waals surface area contributed by atoms with E-state index in [0.717, 1.165) is 52.4 Å². The largest absolute Gasteiger partial charge is 2.00 e. The molecule has 1 aliphatic heterocycles. The van der Waals surface area contributed by atoms with Crippen LogP contribution >= 0.6 is 0 Å². The Bertz CT molecular complexity index is 1510. The van der Waals surface area contributed by atoms with Crippen LogP contribution in [0.5, 0.6) is 0 Å². The molecule has 0 aromatic heterocycles. The van der Waals surface area contributed by atoms with Gasteiger partial charge in [0.25, 0.3) is 0 Å². The first-order valence-corrected chi connectivity index (χ1v) is 13.0. The second-order valence-corrected chi connectivity index (χ2v) is 8.66. The van der Waals surface area contributed by atoms with Crippen molar-refractivity contribution in [2.45, 2.75) is 13.8 Å². The fourth-order valence-corrected chi connectivity index (χ4v) is 3.16. The van der Waals surface area contributed by atoms with Crippen molar-refractivity contribution in [2.75, 3.05) is 18.4 Å². The Morgan fingerprint density at radius 2 is 1.38 bits per heavy atom. The molecule has 1 aliphatic carbocycles. The Labute approximate surface area is 227 Å². The number of nitrogens with one attached hydrogen (secondary N) is 1. The second-order valence-electron chi connectivity index (χ2n) is 7.03. The fraction of sp³-hybridized carbons (Fsp3) is 0.182. The Hall–Kier alpha value is -2.78. The van der Waals surface area contributed by atoms with Crippen molar-refractivity contribution in [1.82, 2.24) is 9.56 Å². The molecule has 0 fully saturated rings. The van der Waals surface area contributed by atoms with Crippen molar-refractivity contribution in [3.63, 3.8) is 0 Å². The molecule has 0 amide bonds. The van der Waals surface area contributed by atoms with E-state index >= 15 is 0 Å². The van der Waals surface area contributed by atoms with E-state index in [0.29, 0.717) is 0 Å². The molecule has 0 saturated heterocycles. The number of fused-ring (bicyclic) bond motifs is 2. The zero-order valence-electron chi connectivity index (χ0n) is 19.9. The van der Waals surface area contributed by atoms with E-state index in [1.807, 2.05) is 54.6 Å². The van der Waals surface area contributed by atoms with Gasteiger partial charge in [0.2, 0.25) is 5.36 Å². The molecule has 2 aliphatic rings. The molecule has 0 bridgehead atoms. The summed E-state index contributed by atoms with van der Waals surface area (Å²) in [6.07, 6.45) is 0. The number of benzene rings is 3. The minimum atomic E-state index is -5.17. The Morgan fingerprint density at radius 1 is 0.811 bits per heavy atom. The summed E-state index contributed by atoms with van der Waals surface area (Å²) in [7, 11) is -10.3. The third-order valence-electron chi connectivity index (χ3n) is 4.56. The van der Waals surface area contributed by atoms with Crippen molar-refractivity contribution >= 4 is 43.3 Å². The third kappa shape index (κ3) is 12.3. The van der Waals surface area contributed by atoms with E-state index in [1.165, 1.54) is 0 Å². The zero-order valence-corrected chi connectivity index (χ0v) is 24.5. The molecule has 12 nitrogen and oxygen atoms in total. The predicted octanol–water partition coefficient (Wildman–Crippen LogP) is 1.81. The molecule has 1 N–H and O–H groups in total. The maximum absolute atomic E-state index is 8.52. The van der Waals surface area contributed by atoms with Gasteiger partial charge in [0, 0.05) is 44.3 Å². The number of hydrogen-bond acceptors (Lipinski definition) is 11. The summed E-state index contributed by atoms with van der Waals surface area (Å²) in [6.45, 7) is 6.25. The molecule has 37 heavy (non-hydrogen) atoms. The van der Waals surface area contributed by atoms with Gasteiger partial charge in [-0.2, -0.15) is 0 Å². The first-order valence-electron chi connectivity index (χ1n) is 10.3. The van der Waals surface area contributed by atoms with Crippen LogP contribution in [0.1, 0.15) is 13.8 Å². The SMILES string of the molecule is CC[N+](CC)=c1ccc2nc3ccc(Nc4ccccc4)cc3oc-2c1.O=S(=O)([O-])[O-].O=S(=O)([O-])[O-].[Zn+2]. The van der Waals surface area contributed by atoms with Crippen LogP contribution in [-0.4, -0.2) is 53.1 Å². The third-order valence-corrected chi connectivity index (χ3v) is 4.56. The maximum Gasteiger partial charge on any atom is 2.00 e. The molecule has 0 unspecified atom stereocenters. The van der Waals surface area contributed by atoms with E-state index in [9.17, 15) is 0 Å². The average Bonchev–Trinajstić information content (AvgIpc) is 2.77. The van der Waals surface area contributed by atoms with Crippen molar-refractivity contribution < 1.29 is 58.9 Å². The van der Waals surface area contributed by atoms with Crippen LogP contribution in [0.2, 0.25) is 0 Å². The van der Waals surface area contributed by atoms with Gasteiger partial charge in [-0.25, -0.2) is 9.56 Å². The molecular weight excluding hydrogens is 580 g/mol. The van der Waals surface area contributed by atoms with Gasteiger partial charge in [0.05, 0.1) is 6.07 Å². The average molecular weight is 602 g/mol. The van der Waals surface area contributed by atoms with Gasteiger partial charge in [0.15, 0.2) is 11.3 Å². The van der Waals surface area contributed by atoms with Crippen LogP contribution in [0.25, 0.3) is 22.6 Å². The summed E-state index contributed by atoms with van der Waals surface area (Å²) in [5.74, 6) is 0.804. The van der Waals surface area contributed by atoms with Gasteiger partial charge in [-0.15, -0.1) is 0 Å². The first-order chi connectivity index (χ1) is 16.8. The Kier molecular flexibility index (Phi) is 12.4. The molecule has 4 rings (SSSR count). The molecule has 15 heteroatoms. The quantitative estimate of drug-likeness (QED) is 0.117. The van der Waals surface area contributed by atoms with E-state index in [2.05, 4.69) is 35.9 Å². The summed E-state index contributed by atoms with van der Waals surface area (Å²) >= 11 is 0. The van der Waals surface area contributed by atoms with Gasteiger partial charge in [-0.05, 0) is 44.2 Å². The Morgan fingerprint density at radius 3 is 1.92 bits per heavy atom. The van der Waals surface area contributed by atoms with Gasteiger partial charge in [0.1, 0.15) is 24.3 Å². The number of hydrogen-bond donors (Lipinski definition) is 1. The monoisotopic (exact) mass is 600 g/mol. The molecular formula is C22H22N3O9S2Zn-. The maximum atomic E-state index is 8.52. The minimum absolute atomic E-state index is 0. The summed E-state index contributed by atoms with van der Waals surface area (Å²) in [6, 6.07) is 22.3. The van der Waals surface area contributed by atoms with E-state index in [1.54, 1.807) is 0 Å². The summed E-state index contributed by atoms with van der Waals surface area (Å²) < 4.78 is 76.6.